The smallest absolute Gasteiger partial charge is 0.272 e. The molecular weight excluding hydrogens is 381 g/mol. The Morgan fingerprint density at radius 2 is 2.04 bits per heavy atom. The van der Waals surface area contributed by atoms with Gasteiger partial charge in [-0.2, -0.15) is 0 Å². The minimum Gasteiger partial charge on any atom is -0.357 e. The van der Waals surface area contributed by atoms with Crippen molar-refractivity contribution in [3.05, 3.63) is 87.2 Å². The number of fused-ring (bicyclic) bond motifs is 1. The van der Waals surface area contributed by atoms with Gasteiger partial charge in [0.25, 0.3) is 5.91 Å². The topological polar surface area (TPSA) is 48.1 Å². The molecule has 0 spiro atoms. The van der Waals surface area contributed by atoms with E-state index in [0.717, 1.165) is 35.5 Å². The second-order valence-electron chi connectivity index (χ2n) is 6.87. The summed E-state index contributed by atoms with van der Waals surface area (Å²) in [6.45, 7) is 1.66. The molecule has 3 aromatic rings. The number of likely N-dealkylation sites (N-methyl/N-ethyl adjacent to an activating group) is 1. The van der Waals surface area contributed by atoms with E-state index in [9.17, 15) is 4.79 Å². The highest BCUT2D eigenvalue weighted by Crippen LogP contribution is 2.38. The Bertz CT molecular complexity index is 985. The van der Waals surface area contributed by atoms with E-state index in [4.69, 9.17) is 23.2 Å². The van der Waals surface area contributed by atoms with Gasteiger partial charge in [0, 0.05) is 40.9 Å². The van der Waals surface area contributed by atoms with E-state index in [-0.39, 0.29) is 11.8 Å². The summed E-state index contributed by atoms with van der Waals surface area (Å²) in [5, 5.41) is 4.29. The van der Waals surface area contributed by atoms with Gasteiger partial charge in [0.2, 0.25) is 0 Å². The van der Waals surface area contributed by atoms with Crippen LogP contribution in [0.1, 0.15) is 33.1 Å². The molecule has 138 valence electrons. The van der Waals surface area contributed by atoms with Crippen LogP contribution in [0.2, 0.25) is 10.0 Å². The number of benzene rings is 2. The first-order valence-electron chi connectivity index (χ1n) is 8.72. The van der Waals surface area contributed by atoms with Gasteiger partial charge in [-0.3, -0.25) is 4.79 Å². The summed E-state index contributed by atoms with van der Waals surface area (Å²) in [6, 6.07) is 15.3. The Morgan fingerprint density at radius 3 is 2.81 bits per heavy atom. The number of carbonyl (C=O) groups excluding carboxylic acids is 1. The van der Waals surface area contributed by atoms with Gasteiger partial charge in [0.15, 0.2) is 0 Å². The number of amides is 1. The van der Waals surface area contributed by atoms with E-state index in [2.05, 4.69) is 28.3 Å². The Hall–Kier alpha value is -2.27. The normalized spacial score (nSPS) is 16.8. The van der Waals surface area contributed by atoms with Crippen molar-refractivity contribution in [2.45, 2.75) is 12.5 Å². The average molecular weight is 400 g/mol. The first-order valence-corrected chi connectivity index (χ1v) is 9.48. The number of rotatable bonds is 3. The number of nitrogens with one attached hydrogen (secondary N) is 2. The Balaban J connectivity index is 1.67. The molecule has 0 aliphatic carbocycles. The summed E-state index contributed by atoms with van der Waals surface area (Å²) in [7, 11) is 2.08. The number of hydrogen-bond acceptors (Lipinski definition) is 2. The lowest BCUT2D eigenvalue weighted by Gasteiger charge is -2.33. The van der Waals surface area contributed by atoms with Crippen molar-refractivity contribution >= 4 is 34.8 Å². The van der Waals surface area contributed by atoms with Crippen molar-refractivity contribution in [2.75, 3.05) is 18.9 Å². The number of H-pyrrole nitrogens is 1. The third-order valence-electron chi connectivity index (χ3n) is 4.88. The molecule has 2 aromatic carbocycles. The zero-order chi connectivity index (χ0) is 19.0. The van der Waals surface area contributed by atoms with E-state index in [1.807, 2.05) is 24.3 Å². The Labute approximate surface area is 168 Å². The van der Waals surface area contributed by atoms with Crippen molar-refractivity contribution in [3.8, 4) is 0 Å². The largest absolute Gasteiger partial charge is 0.357 e. The van der Waals surface area contributed by atoms with Crippen LogP contribution in [0.3, 0.4) is 0 Å². The van der Waals surface area contributed by atoms with Crippen LogP contribution in [0.4, 0.5) is 5.69 Å². The van der Waals surface area contributed by atoms with Gasteiger partial charge >= 0.3 is 0 Å². The molecule has 1 atom stereocenters. The van der Waals surface area contributed by atoms with Gasteiger partial charge < -0.3 is 15.2 Å². The van der Waals surface area contributed by atoms with Crippen molar-refractivity contribution in [2.24, 2.45) is 0 Å². The van der Waals surface area contributed by atoms with Gasteiger partial charge in [-0.15, -0.1) is 0 Å². The number of aromatic nitrogens is 1. The summed E-state index contributed by atoms with van der Waals surface area (Å²) >= 11 is 12.7. The van der Waals surface area contributed by atoms with Gasteiger partial charge in [-0.05, 0) is 60.1 Å². The summed E-state index contributed by atoms with van der Waals surface area (Å²) < 4.78 is 0. The van der Waals surface area contributed by atoms with Crippen molar-refractivity contribution in [1.29, 1.82) is 0 Å². The summed E-state index contributed by atoms with van der Waals surface area (Å²) in [5.74, 6) is -0.0262. The molecule has 2 heterocycles. The van der Waals surface area contributed by atoms with E-state index < -0.39 is 0 Å². The van der Waals surface area contributed by atoms with E-state index in [0.29, 0.717) is 15.7 Å². The third-order valence-corrected chi connectivity index (χ3v) is 5.44. The van der Waals surface area contributed by atoms with Crippen LogP contribution in [-0.4, -0.2) is 29.4 Å². The van der Waals surface area contributed by atoms with Crippen LogP contribution in [0.25, 0.3) is 0 Å². The fraction of sp³-hybridized carbons (Fsp3) is 0.190. The van der Waals surface area contributed by atoms with Crippen molar-refractivity contribution in [3.63, 3.8) is 0 Å². The highest BCUT2D eigenvalue weighted by atomic mass is 35.5. The minimum atomic E-state index is -0.163. The minimum absolute atomic E-state index is 0.136. The predicted molar refractivity (Wildman–Crippen MR) is 110 cm³/mol. The maximum atomic E-state index is 12.3. The highest BCUT2D eigenvalue weighted by molar-refractivity contribution is 6.35. The zero-order valence-electron chi connectivity index (χ0n) is 14.8. The molecule has 2 N–H and O–H groups in total. The van der Waals surface area contributed by atoms with Crippen LogP contribution < -0.4 is 5.32 Å². The van der Waals surface area contributed by atoms with Crippen LogP contribution in [0.15, 0.2) is 54.7 Å². The first kappa shape index (κ1) is 18.1. The third kappa shape index (κ3) is 3.74. The summed E-state index contributed by atoms with van der Waals surface area (Å²) in [6.07, 6.45) is 1.73. The molecule has 1 amide bonds. The summed E-state index contributed by atoms with van der Waals surface area (Å²) in [4.78, 5) is 17.5. The zero-order valence-corrected chi connectivity index (χ0v) is 16.3. The maximum absolute atomic E-state index is 12.3. The van der Waals surface area contributed by atoms with Crippen LogP contribution in [0.5, 0.6) is 0 Å². The monoisotopic (exact) mass is 399 g/mol. The lowest BCUT2D eigenvalue weighted by atomic mass is 9.84. The van der Waals surface area contributed by atoms with Gasteiger partial charge in [-0.1, -0.05) is 35.3 Å². The average Bonchev–Trinajstić information content (AvgIpc) is 3.17. The second-order valence-corrected chi connectivity index (χ2v) is 7.71. The van der Waals surface area contributed by atoms with E-state index in [1.165, 1.54) is 0 Å². The molecule has 0 saturated carbocycles. The first-order chi connectivity index (χ1) is 13.0. The fourth-order valence-corrected chi connectivity index (χ4v) is 4.20. The van der Waals surface area contributed by atoms with Crippen LogP contribution >= 0.6 is 23.2 Å². The molecule has 6 heteroatoms. The molecule has 0 fully saturated rings. The Morgan fingerprint density at radius 1 is 1.19 bits per heavy atom. The molecule has 1 aliphatic heterocycles. The standard InChI is InChI=1S/C21H19Cl2N3O/c1-26-11-17(16-9-14(22)10-19(23)18(16)12-26)13-4-2-5-15(8-13)25-21(27)20-6-3-7-24-20/h2-10,17,24H,11-12H2,1H3,(H,25,27). The SMILES string of the molecule is CN1Cc2c(Cl)cc(Cl)cc2C(c2cccc(NC(=O)c3ccc[nH]3)c2)C1. The molecule has 1 aromatic heterocycles. The molecule has 1 unspecified atom stereocenters. The van der Waals surface area contributed by atoms with Gasteiger partial charge in [0.1, 0.15) is 5.69 Å². The quantitative estimate of drug-likeness (QED) is 0.639. The molecule has 1 aliphatic rings. The lowest BCUT2D eigenvalue weighted by molar-refractivity contribution is 0.102. The number of anilines is 1. The van der Waals surface area contributed by atoms with Crippen molar-refractivity contribution < 1.29 is 4.79 Å². The van der Waals surface area contributed by atoms with Gasteiger partial charge in [0.05, 0.1) is 0 Å². The van der Waals surface area contributed by atoms with Crippen LogP contribution in [0, 0.1) is 0 Å². The fourth-order valence-electron chi connectivity index (χ4n) is 3.63. The Kier molecular flexibility index (Phi) is 4.96. The number of hydrogen-bond donors (Lipinski definition) is 2. The van der Waals surface area contributed by atoms with Crippen molar-refractivity contribution in [1.82, 2.24) is 9.88 Å². The molecule has 0 saturated heterocycles. The van der Waals surface area contributed by atoms with E-state index >= 15 is 0 Å². The molecule has 27 heavy (non-hydrogen) atoms. The van der Waals surface area contributed by atoms with Gasteiger partial charge in [-0.25, -0.2) is 0 Å². The molecule has 4 rings (SSSR count). The predicted octanol–water partition coefficient (Wildman–Crippen LogP) is 5.15. The molecule has 0 radical (unpaired) electrons. The summed E-state index contributed by atoms with van der Waals surface area (Å²) in [5.41, 5.74) is 4.67. The lowest BCUT2D eigenvalue weighted by Crippen LogP contribution is -2.31. The van der Waals surface area contributed by atoms with E-state index in [1.54, 1.807) is 24.4 Å². The number of carbonyl (C=O) groups is 1. The number of halogens is 2. The second kappa shape index (κ2) is 7.39. The molecule has 4 nitrogen and oxygen atoms in total. The molecular formula is C21H19Cl2N3O. The highest BCUT2D eigenvalue weighted by Gasteiger charge is 2.27. The van der Waals surface area contributed by atoms with Crippen LogP contribution in [-0.2, 0) is 6.54 Å². The molecule has 0 bridgehead atoms. The number of nitrogens with zero attached hydrogens (tertiary/aromatic N) is 1. The maximum Gasteiger partial charge on any atom is 0.272 e. The number of aromatic amines is 1.